The van der Waals surface area contributed by atoms with Crippen LogP contribution >= 0.6 is 0 Å². The van der Waals surface area contributed by atoms with Gasteiger partial charge in [0.25, 0.3) is 0 Å². The quantitative estimate of drug-likeness (QED) is 0.696. The fourth-order valence-corrected chi connectivity index (χ4v) is 1.44. The zero-order chi connectivity index (χ0) is 9.47. The van der Waals surface area contributed by atoms with E-state index in [-0.39, 0.29) is 11.4 Å². The predicted octanol–water partition coefficient (Wildman–Crippen LogP) is 0.749. The highest BCUT2D eigenvalue weighted by molar-refractivity contribution is 5.78. The third-order valence-electron chi connectivity index (χ3n) is 3.15. The Hall–Kier alpha value is -0.570. The highest BCUT2D eigenvalue weighted by Crippen LogP contribution is 2.34. The Labute approximate surface area is 79.5 Å². The predicted molar refractivity (Wildman–Crippen MR) is 51.4 cm³/mol. The Kier molecular flexibility index (Phi) is 2.06. The smallest absolute Gasteiger partial charge is 0.236 e. The largest absolute Gasteiger partial charge is 0.342 e. The van der Waals surface area contributed by atoms with Crippen molar-refractivity contribution in [1.82, 2.24) is 10.2 Å². The van der Waals surface area contributed by atoms with Gasteiger partial charge in [-0.05, 0) is 32.6 Å². The van der Waals surface area contributed by atoms with Crippen LogP contribution in [0, 0.1) is 0 Å². The minimum absolute atomic E-state index is 0.246. The molecule has 2 saturated carbocycles. The molecule has 3 heteroatoms. The number of amides is 1. The molecule has 1 amide bonds. The topological polar surface area (TPSA) is 32.3 Å². The summed E-state index contributed by atoms with van der Waals surface area (Å²) in [4.78, 5) is 13.4. The molecule has 0 atom stereocenters. The van der Waals surface area contributed by atoms with E-state index >= 15 is 0 Å². The number of likely N-dealkylation sites (N-methyl/N-ethyl adjacent to an activating group) is 1. The van der Waals surface area contributed by atoms with Gasteiger partial charge in [0.1, 0.15) is 0 Å². The Morgan fingerprint density at radius 2 is 2.15 bits per heavy atom. The molecule has 2 aliphatic rings. The van der Waals surface area contributed by atoms with Gasteiger partial charge in [-0.3, -0.25) is 4.79 Å². The van der Waals surface area contributed by atoms with E-state index in [0.29, 0.717) is 12.6 Å². The molecule has 0 aliphatic heterocycles. The normalized spacial score (nSPS) is 24.2. The molecule has 13 heavy (non-hydrogen) atoms. The van der Waals surface area contributed by atoms with E-state index in [1.165, 1.54) is 25.7 Å². The molecule has 0 aromatic rings. The van der Waals surface area contributed by atoms with Crippen molar-refractivity contribution in [3.05, 3.63) is 0 Å². The van der Waals surface area contributed by atoms with Gasteiger partial charge in [0.05, 0.1) is 6.54 Å². The van der Waals surface area contributed by atoms with E-state index in [1.807, 2.05) is 11.9 Å². The highest BCUT2D eigenvalue weighted by Gasteiger charge is 2.38. The first kappa shape index (κ1) is 9.00. The van der Waals surface area contributed by atoms with E-state index in [0.717, 1.165) is 0 Å². The first-order chi connectivity index (χ1) is 6.11. The Bertz CT molecular complexity index is 219. The minimum atomic E-state index is 0.246. The van der Waals surface area contributed by atoms with E-state index in [4.69, 9.17) is 0 Å². The molecule has 3 nitrogen and oxygen atoms in total. The number of hydrogen-bond acceptors (Lipinski definition) is 2. The number of nitrogens with zero attached hydrogens (tertiary/aromatic N) is 1. The van der Waals surface area contributed by atoms with E-state index in [2.05, 4.69) is 12.2 Å². The molecule has 0 bridgehead atoms. The van der Waals surface area contributed by atoms with Crippen molar-refractivity contribution < 1.29 is 4.79 Å². The average molecular weight is 182 g/mol. The molecule has 2 aliphatic carbocycles. The van der Waals surface area contributed by atoms with Crippen LogP contribution < -0.4 is 5.32 Å². The van der Waals surface area contributed by atoms with Gasteiger partial charge in [0.2, 0.25) is 5.91 Å². The van der Waals surface area contributed by atoms with Crippen LogP contribution in [-0.2, 0) is 4.79 Å². The summed E-state index contributed by atoms with van der Waals surface area (Å²) in [5, 5.41) is 3.31. The second-order valence-corrected chi connectivity index (χ2v) is 4.65. The molecule has 0 radical (unpaired) electrons. The molecule has 0 aromatic carbocycles. The van der Waals surface area contributed by atoms with Gasteiger partial charge < -0.3 is 10.2 Å². The van der Waals surface area contributed by atoms with Crippen molar-refractivity contribution in [3.8, 4) is 0 Å². The molecule has 74 valence electrons. The maximum absolute atomic E-state index is 11.6. The number of carbonyl (C=O) groups excluding carboxylic acids is 1. The molecular formula is C10H18N2O. The minimum Gasteiger partial charge on any atom is -0.342 e. The van der Waals surface area contributed by atoms with Gasteiger partial charge in [-0.25, -0.2) is 0 Å². The summed E-state index contributed by atoms with van der Waals surface area (Å²) in [7, 11) is 1.91. The van der Waals surface area contributed by atoms with Crippen molar-refractivity contribution in [2.75, 3.05) is 13.6 Å². The Morgan fingerprint density at radius 1 is 1.54 bits per heavy atom. The molecular weight excluding hydrogens is 164 g/mol. The summed E-state index contributed by atoms with van der Waals surface area (Å²) >= 11 is 0. The Morgan fingerprint density at radius 3 is 2.62 bits per heavy atom. The third-order valence-corrected chi connectivity index (χ3v) is 3.15. The fraction of sp³-hybridized carbons (Fsp3) is 0.900. The van der Waals surface area contributed by atoms with Gasteiger partial charge in [0, 0.05) is 18.6 Å². The maximum atomic E-state index is 11.6. The molecule has 0 aromatic heterocycles. The molecule has 2 rings (SSSR count). The Balaban J connectivity index is 1.71. The van der Waals surface area contributed by atoms with Crippen molar-refractivity contribution in [1.29, 1.82) is 0 Å². The molecule has 2 fully saturated rings. The first-order valence-corrected chi connectivity index (χ1v) is 5.11. The lowest BCUT2D eigenvalue weighted by atomic mass is 10.3. The second kappa shape index (κ2) is 2.98. The maximum Gasteiger partial charge on any atom is 0.236 e. The second-order valence-electron chi connectivity index (χ2n) is 4.65. The zero-order valence-electron chi connectivity index (χ0n) is 8.47. The SMILES string of the molecule is CN(C(=O)CNC1(C)CC1)C1CC1. The molecule has 0 saturated heterocycles. The summed E-state index contributed by atoms with van der Waals surface area (Å²) in [5.41, 5.74) is 0.278. The van der Waals surface area contributed by atoms with E-state index in [1.54, 1.807) is 0 Å². The average Bonchev–Trinajstić information content (AvgIpc) is 2.94. The van der Waals surface area contributed by atoms with Crippen LogP contribution in [0.25, 0.3) is 0 Å². The molecule has 1 N–H and O–H groups in total. The zero-order valence-corrected chi connectivity index (χ0v) is 8.47. The lowest BCUT2D eigenvalue weighted by Gasteiger charge is -2.18. The number of rotatable bonds is 4. The summed E-state index contributed by atoms with van der Waals surface area (Å²) < 4.78 is 0. The van der Waals surface area contributed by atoms with Crippen molar-refractivity contribution >= 4 is 5.91 Å². The van der Waals surface area contributed by atoms with E-state index < -0.39 is 0 Å². The van der Waals surface area contributed by atoms with Gasteiger partial charge in [0.15, 0.2) is 0 Å². The summed E-state index contributed by atoms with van der Waals surface area (Å²) in [6.45, 7) is 2.70. The summed E-state index contributed by atoms with van der Waals surface area (Å²) in [6.07, 6.45) is 4.82. The fourth-order valence-electron chi connectivity index (χ4n) is 1.44. The van der Waals surface area contributed by atoms with Crippen LogP contribution in [-0.4, -0.2) is 36.0 Å². The van der Waals surface area contributed by atoms with Crippen LogP contribution in [0.5, 0.6) is 0 Å². The van der Waals surface area contributed by atoms with Crippen LogP contribution in [0.1, 0.15) is 32.6 Å². The molecule has 0 spiro atoms. The highest BCUT2D eigenvalue weighted by atomic mass is 16.2. The van der Waals surface area contributed by atoms with Crippen molar-refractivity contribution in [3.63, 3.8) is 0 Å². The molecule has 0 heterocycles. The summed E-state index contributed by atoms with van der Waals surface area (Å²) in [6, 6.07) is 0.543. The van der Waals surface area contributed by atoms with E-state index in [9.17, 15) is 4.79 Å². The van der Waals surface area contributed by atoms with Gasteiger partial charge in [-0.1, -0.05) is 0 Å². The van der Waals surface area contributed by atoms with Gasteiger partial charge in [-0.15, -0.1) is 0 Å². The number of hydrogen-bond donors (Lipinski definition) is 1. The van der Waals surface area contributed by atoms with Crippen LogP contribution in [0.3, 0.4) is 0 Å². The number of nitrogens with one attached hydrogen (secondary N) is 1. The third kappa shape index (κ3) is 2.21. The standard InChI is InChI=1S/C10H18N2O/c1-10(5-6-10)11-7-9(13)12(2)8-3-4-8/h8,11H,3-7H2,1-2H3. The summed E-state index contributed by atoms with van der Waals surface area (Å²) in [5.74, 6) is 0.246. The monoisotopic (exact) mass is 182 g/mol. The lowest BCUT2D eigenvalue weighted by molar-refractivity contribution is -0.129. The lowest BCUT2D eigenvalue weighted by Crippen LogP contribution is -2.40. The van der Waals surface area contributed by atoms with Crippen LogP contribution in [0.4, 0.5) is 0 Å². The van der Waals surface area contributed by atoms with Crippen LogP contribution in [0.15, 0.2) is 0 Å². The van der Waals surface area contributed by atoms with Crippen LogP contribution in [0.2, 0.25) is 0 Å². The van der Waals surface area contributed by atoms with Crippen molar-refractivity contribution in [2.24, 2.45) is 0 Å². The first-order valence-electron chi connectivity index (χ1n) is 5.11. The van der Waals surface area contributed by atoms with Gasteiger partial charge >= 0.3 is 0 Å². The van der Waals surface area contributed by atoms with Crippen molar-refractivity contribution in [2.45, 2.75) is 44.2 Å². The van der Waals surface area contributed by atoms with Gasteiger partial charge in [-0.2, -0.15) is 0 Å². The molecule has 0 unspecified atom stereocenters. The number of carbonyl (C=O) groups is 1.